The van der Waals surface area contributed by atoms with Crippen molar-refractivity contribution < 1.29 is 9.53 Å². The van der Waals surface area contributed by atoms with E-state index < -0.39 is 5.97 Å². The summed E-state index contributed by atoms with van der Waals surface area (Å²) in [6, 6.07) is 0. The third kappa shape index (κ3) is 1.64. The minimum Gasteiger partial charge on any atom is -0.464 e. The quantitative estimate of drug-likeness (QED) is 0.728. The van der Waals surface area contributed by atoms with Crippen LogP contribution in [0.15, 0.2) is 4.79 Å². The van der Waals surface area contributed by atoms with E-state index in [1.165, 1.54) is 7.11 Å². The topological polar surface area (TPSA) is 59.2 Å². The minimum absolute atomic E-state index is 0.00569. The third-order valence-electron chi connectivity index (χ3n) is 3.12. The number of pyridine rings is 1. The van der Waals surface area contributed by atoms with Gasteiger partial charge in [0.05, 0.1) is 7.11 Å². The number of aryl methyl sites for hydroxylation is 1. The molecule has 0 atom stereocenters. The molecule has 86 valence electrons. The van der Waals surface area contributed by atoms with Crippen LogP contribution < -0.4 is 5.43 Å². The van der Waals surface area contributed by atoms with Crippen molar-refractivity contribution in [1.29, 1.82) is 0 Å². The molecule has 4 heteroatoms. The first-order valence-corrected chi connectivity index (χ1v) is 5.48. The summed E-state index contributed by atoms with van der Waals surface area (Å²) >= 11 is 0. The van der Waals surface area contributed by atoms with Crippen LogP contribution >= 0.6 is 0 Å². The molecule has 0 amide bonds. The number of carbonyl (C=O) groups is 1. The molecule has 1 aromatic heterocycles. The molecular weight excluding hydrogens is 206 g/mol. The second kappa shape index (κ2) is 4.12. The Balaban J connectivity index is 2.61. The first kappa shape index (κ1) is 10.9. The summed E-state index contributed by atoms with van der Waals surface area (Å²) in [6.07, 6.45) is 3.77. The number of ether oxygens (including phenoxy) is 1. The van der Waals surface area contributed by atoms with E-state index in [1.54, 1.807) is 6.92 Å². The molecule has 0 fully saturated rings. The van der Waals surface area contributed by atoms with Gasteiger partial charge in [-0.3, -0.25) is 4.79 Å². The number of nitrogens with one attached hydrogen (secondary N) is 1. The summed E-state index contributed by atoms with van der Waals surface area (Å²) in [5, 5.41) is 0. The number of rotatable bonds is 1. The molecule has 0 aromatic carbocycles. The van der Waals surface area contributed by atoms with Crippen LogP contribution in [0.4, 0.5) is 0 Å². The highest BCUT2D eigenvalue weighted by atomic mass is 16.5. The second-order valence-electron chi connectivity index (χ2n) is 4.11. The molecule has 0 radical (unpaired) electrons. The highest BCUT2D eigenvalue weighted by Crippen LogP contribution is 2.18. The fraction of sp³-hybridized carbons (Fsp3) is 0.500. The molecule has 2 rings (SSSR count). The summed E-state index contributed by atoms with van der Waals surface area (Å²) in [6.45, 7) is 1.67. The van der Waals surface area contributed by atoms with E-state index in [9.17, 15) is 9.59 Å². The first-order valence-electron chi connectivity index (χ1n) is 5.48. The van der Waals surface area contributed by atoms with Crippen LogP contribution in [0.5, 0.6) is 0 Å². The van der Waals surface area contributed by atoms with Gasteiger partial charge in [0.25, 0.3) is 0 Å². The van der Waals surface area contributed by atoms with E-state index in [2.05, 4.69) is 9.72 Å². The molecule has 0 aliphatic heterocycles. The monoisotopic (exact) mass is 221 g/mol. The lowest BCUT2D eigenvalue weighted by molar-refractivity contribution is 0.0592. The molecule has 1 N–H and O–H groups in total. The van der Waals surface area contributed by atoms with E-state index in [4.69, 9.17) is 0 Å². The lowest BCUT2D eigenvalue weighted by Crippen LogP contribution is -2.24. The van der Waals surface area contributed by atoms with Crippen molar-refractivity contribution in [1.82, 2.24) is 4.98 Å². The Morgan fingerprint density at radius 3 is 2.69 bits per heavy atom. The van der Waals surface area contributed by atoms with Crippen LogP contribution in [0.25, 0.3) is 0 Å². The number of fused-ring (bicyclic) bond motifs is 1. The average Bonchev–Trinajstić information content (AvgIpc) is 2.33. The van der Waals surface area contributed by atoms with Gasteiger partial charge in [-0.15, -0.1) is 0 Å². The second-order valence-corrected chi connectivity index (χ2v) is 4.11. The van der Waals surface area contributed by atoms with Gasteiger partial charge in [0.1, 0.15) is 5.69 Å². The number of hydrogen-bond acceptors (Lipinski definition) is 3. The Morgan fingerprint density at radius 1 is 1.31 bits per heavy atom. The summed E-state index contributed by atoms with van der Waals surface area (Å²) in [4.78, 5) is 26.6. The smallest absolute Gasteiger partial charge is 0.354 e. The van der Waals surface area contributed by atoms with Gasteiger partial charge in [0.2, 0.25) is 0 Å². The molecule has 16 heavy (non-hydrogen) atoms. The van der Waals surface area contributed by atoms with Crippen LogP contribution in [-0.4, -0.2) is 18.1 Å². The first-order chi connectivity index (χ1) is 7.65. The third-order valence-corrected chi connectivity index (χ3v) is 3.12. The maximum atomic E-state index is 12.0. The molecule has 0 saturated carbocycles. The Morgan fingerprint density at radius 2 is 2.00 bits per heavy atom. The van der Waals surface area contributed by atoms with Crippen molar-refractivity contribution in [3.8, 4) is 0 Å². The number of methoxy groups -OCH3 is 1. The fourth-order valence-corrected chi connectivity index (χ4v) is 2.18. The number of H-pyrrole nitrogens is 1. The fourth-order valence-electron chi connectivity index (χ4n) is 2.18. The Kier molecular flexibility index (Phi) is 2.81. The Labute approximate surface area is 93.6 Å². The van der Waals surface area contributed by atoms with Gasteiger partial charge in [-0.25, -0.2) is 4.79 Å². The molecular formula is C12H15NO3. The number of carbonyl (C=O) groups excluding carboxylic acids is 1. The standard InChI is InChI=1S/C12H15NO3/c1-7-10(12(15)16-2)13-9-6-4-3-5-8(9)11(7)14/h3-6H2,1-2H3,(H,13,14). The van der Waals surface area contributed by atoms with Crippen molar-refractivity contribution in [2.75, 3.05) is 7.11 Å². The van der Waals surface area contributed by atoms with Gasteiger partial charge in [-0.1, -0.05) is 0 Å². The van der Waals surface area contributed by atoms with Crippen LogP contribution in [0.1, 0.15) is 40.2 Å². The number of hydrogen-bond donors (Lipinski definition) is 1. The van der Waals surface area contributed by atoms with Crippen molar-refractivity contribution in [2.24, 2.45) is 0 Å². The highest BCUT2D eigenvalue weighted by molar-refractivity contribution is 5.88. The van der Waals surface area contributed by atoms with Gasteiger partial charge < -0.3 is 9.72 Å². The molecule has 0 saturated heterocycles. The number of aromatic nitrogens is 1. The van der Waals surface area contributed by atoms with Gasteiger partial charge in [0.15, 0.2) is 5.43 Å². The number of esters is 1. The largest absolute Gasteiger partial charge is 0.464 e. The maximum Gasteiger partial charge on any atom is 0.354 e. The van der Waals surface area contributed by atoms with Crippen molar-refractivity contribution in [3.63, 3.8) is 0 Å². The molecule has 1 aliphatic carbocycles. The highest BCUT2D eigenvalue weighted by Gasteiger charge is 2.20. The van der Waals surface area contributed by atoms with E-state index in [-0.39, 0.29) is 5.43 Å². The molecule has 0 unspecified atom stereocenters. The summed E-state index contributed by atoms with van der Waals surface area (Å²) in [7, 11) is 1.32. The molecule has 1 heterocycles. The summed E-state index contributed by atoms with van der Waals surface area (Å²) in [5.74, 6) is -0.469. The van der Waals surface area contributed by atoms with Crippen molar-refractivity contribution >= 4 is 5.97 Å². The van der Waals surface area contributed by atoms with Crippen molar-refractivity contribution in [2.45, 2.75) is 32.6 Å². The van der Waals surface area contributed by atoms with E-state index in [0.29, 0.717) is 11.3 Å². The predicted molar refractivity (Wildman–Crippen MR) is 59.8 cm³/mol. The number of aromatic amines is 1. The molecule has 1 aromatic rings. The van der Waals surface area contributed by atoms with E-state index in [1.807, 2.05) is 0 Å². The normalized spacial score (nSPS) is 14.4. The summed E-state index contributed by atoms with van der Waals surface area (Å²) in [5.41, 5.74) is 2.51. The molecule has 0 spiro atoms. The van der Waals surface area contributed by atoms with Gasteiger partial charge in [-0.2, -0.15) is 0 Å². The Bertz CT molecular complexity index is 488. The molecule has 4 nitrogen and oxygen atoms in total. The minimum atomic E-state index is -0.469. The van der Waals surface area contributed by atoms with Gasteiger partial charge >= 0.3 is 5.97 Å². The van der Waals surface area contributed by atoms with Crippen LogP contribution in [0.2, 0.25) is 0 Å². The van der Waals surface area contributed by atoms with E-state index in [0.717, 1.165) is 36.9 Å². The lowest BCUT2D eigenvalue weighted by atomic mass is 9.94. The zero-order valence-corrected chi connectivity index (χ0v) is 9.55. The molecule has 1 aliphatic rings. The lowest BCUT2D eigenvalue weighted by Gasteiger charge is -2.17. The van der Waals surface area contributed by atoms with Crippen LogP contribution in [0.3, 0.4) is 0 Å². The SMILES string of the molecule is COC(=O)c1[nH]c2c(c(=O)c1C)CCCC2. The maximum absolute atomic E-state index is 12.0. The van der Waals surface area contributed by atoms with Gasteiger partial charge in [0, 0.05) is 16.8 Å². The van der Waals surface area contributed by atoms with Crippen LogP contribution in [-0.2, 0) is 17.6 Å². The average molecular weight is 221 g/mol. The predicted octanol–water partition coefficient (Wildman–Crippen LogP) is 1.35. The summed E-state index contributed by atoms with van der Waals surface area (Å²) < 4.78 is 4.65. The Hall–Kier alpha value is -1.58. The van der Waals surface area contributed by atoms with Gasteiger partial charge in [-0.05, 0) is 32.6 Å². The van der Waals surface area contributed by atoms with Crippen LogP contribution in [0, 0.1) is 6.92 Å². The molecule has 0 bridgehead atoms. The van der Waals surface area contributed by atoms with E-state index >= 15 is 0 Å². The zero-order chi connectivity index (χ0) is 11.7. The zero-order valence-electron chi connectivity index (χ0n) is 9.55. The van der Waals surface area contributed by atoms with Crippen molar-refractivity contribution in [3.05, 3.63) is 32.7 Å².